The molecule has 0 bridgehead atoms. The van der Waals surface area contributed by atoms with E-state index < -0.39 is 14.9 Å². The van der Waals surface area contributed by atoms with E-state index in [1.54, 1.807) is 6.92 Å². The minimum absolute atomic E-state index is 0.111. The summed E-state index contributed by atoms with van der Waals surface area (Å²) in [4.78, 5) is 9.97. The summed E-state index contributed by atoms with van der Waals surface area (Å²) in [6, 6.07) is 3.47. The lowest BCUT2D eigenvalue weighted by molar-refractivity contribution is -0.385. The predicted octanol–water partition coefficient (Wildman–Crippen LogP) is 0.290. The monoisotopic (exact) mass is 316 g/mol. The summed E-state index contributed by atoms with van der Waals surface area (Å²) in [5, 5.41) is 10.8. The van der Waals surface area contributed by atoms with Gasteiger partial charge in [0.25, 0.3) is 5.69 Å². The zero-order chi connectivity index (χ0) is 15.6. The number of morpholine rings is 1. The quantitative estimate of drug-likeness (QED) is 0.464. The molecule has 0 radical (unpaired) electrons. The van der Waals surface area contributed by atoms with Crippen molar-refractivity contribution in [3.63, 3.8) is 0 Å². The molecule has 116 valence electrons. The first-order valence-corrected chi connectivity index (χ1v) is 7.67. The number of hydrogen-bond acceptors (Lipinski definition) is 7. The molecule has 0 aromatic heterocycles. The van der Waals surface area contributed by atoms with Gasteiger partial charge in [0.05, 0.1) is 23.3 Å². The molecular weight excluding hydrogens is 300 g/mol. The second kappa shape index (κ2) is 5.93. The van der Waals surface area contributed by atoms with Gasteiger partial charge in [-0.25, -0.2) is 8.42 Å². The number of rotatable bonds is 4. The summed E-state index contributed by atoms with van der Waals surface area (Å²) in [5.41, 5.74) is 2.06. The van der Waals surface area contributed by atoms with E-state index in [-0.39, 0.29) is 42.1 Å². The third kappa shape index (κ3) is 3.13. The summed E-state index contributed by atoms with van der Waals surface area (Å²) in [6.45, 7) is 2.42. The van der Waals surface area contributed by atoms with E-state index in [0.717, 1.165) is 6.07 Å². The number of nitrogens with one attached hydrogen (secondary N) is 1. The first-order valence-electron chi connectivity index (χ1n) is 6.23. The largest absolute Gasteiger partial charge is 0.376 e. The number of nitrogen functional groups attached to an aromatic ring is 1. The van der Waals surface area contributed by atoms with Crippen LogP contribution in [0.3, 0.4) is 0 Å². The molecule has 1 aromatic rings. The van der Waals surface area contributed by atoms with E-state index in [1.807, 2.05) is 0 Å². The van der Waals surface area contributed by atoms with E-state index in [0.29, 0.717) is 0 Å². The van der Waals surface area contributed by atoms with E-state index >= 15 is 0 Å². The average molecular weight is 316 g/mol. The standard InChI is InChI=1S/C11H16N4O5S/c1-8-7-14(4-5-20-8)21(18,19)11-6-9(15(16)17)2-3-10(11)13-12/h2-3,6,8,13H,4-5,7,12H2,1H3. The Morgan fingerprint density at radius 2 is 2.24 bits per heavy atom. The third-order valence-corrected chi connectivity index (χ3v) is 5.06. The van der Waals surface area contributed by atoms with Crippen LogP contribution in [0.1, 0.15) is 6.92 Å². The minimum atomic E-state index is -3.89. The van der Waals surface area contributed by atoms with Gasteiger partial charge in [-0.2, -0.15) is 4.31 Å². The van der Waals surface area contributed by atoms with Crippen LogP contribution < -0.4 is 11.3 Å². The van der Waals surface area contributed by atoms with E-state index in [2.05, 4.69) is 5.43 Å². The van der Waals surface area contributed by atoms with Crippen molar-refractivity contribution in [2.24, 2.45) is 5.84 Å². The molecule has 1 unspecified atom stereocenters. The van der Waals surface area contributed by atoms with E-state index in [1.165, 1.54) is 16.4 Å². The summed E-state index contributed by atoms with van der Waals surface area (Å²) in [5.74, 6) is 5.30. The van der Waals surface area contributed by atoms with Gasteiger partial charge in [0.2, 0.25) is 10.0 Å². The Bertz CT molecular complexity index is 648. The average Bonchev–Trinajstić information content (AvgIpc) is 2.46. The number of nitro groups is 1. The number of sulfonamides is 1. The second-order valence-electron chi connectivity index (χ2n) is 4.63. The van der Waals surface area contributed by atoms with Crippen molar-refractivity contribution in [3.05, 3.63) is 28.3 Å². The fourth-order valence-electron chi connectivity index (χ4n) is 2.10. The fourth-order valence-corrected chi connectivity index (χ4v) is 3.77. The maximum absolute atomic E-state index is 12.6. The van der Waals surface area contributed by atoms with Gasteiger partial charge in [-0.15, -0.1) is 0 Å². The molecule has 21 heavy (non-hydrogen) atoms. The highest BCUT2D eigenvalue weighted by atomic mass is 32.2. The van der Waals surface area contributed by atoms with Crippen LogP contribution in [0.2, 0.25) is 0 Å². The SMILES string of the molecule is CC1CN(S(=O)(=O)c2cc([N+](=O)[O-])ccc2NN)CCO1. The van der Waals surface area contributed by atoms with Gasteiger partial charge in [-0.3, -0.25) is 16.0 Å². The number of hydrazine groups is 1. The van der Waals surface area contributed by atoms with Crippen molar-refractivity contribution in [1.29, 1.82) is 0 Å². The van der Waals surface area contributed by atoms with Crippen LogP contribution in [0.25, 0.3) is 0 Å². The number of hydrogen-bond donors (Lipinski definition) is 2. The molecule has 0 saturated carbocycles. The number of nitro benzene ring substituents is 1. The minimum Gasteiger partial charge on any atom is -0.376 e. The van der Waals surface area contributed by atoms with Gasteiger partial charge >= 0.3 is 0 Å². The number of nitrogens with zero attached hydrogens (tertiary/aromatic N) is 2. The van der Waals surface area contributed by atoms with Crippen LogP contribution in [0.5, 0.6) is 0 Å². The highest BCUT2D eigenvalue weighted by Crippen LogP contribution is 2.29. The van der Waals surface area contributed by atoms with Gasteiger partial charge in [-0.05, 0) is 13.0 Å². The Labute approximate surface area is 121 Å². The summed E-state index contributed by atoms with van der Waals surface area (Å²) in [6.07, 6.45) is -0.235. The molecule has 1 fully saturated rings. The summed E-state index contributed by atoms with van der Waals surface area (Å²) < 4.78 is 31.8. The molecule has 1 heterocycles. The zero-order valence-electron chi connectivity index (χ0n) is 11.4. The van der Waals surface area contributed by atoms with E-state index in [9.17, 15) is 18.5 Å². The molecule has 9 nitrogen and oxygen atoms in total. The van der Waals surface area contributed by atoms with Crippen LogP contribution in [-0.2, 0) is 14.8 Å². The van der Waals surface area contributed by atoms with Gasteiger partial charge in [0, 0.05) is 25.2 Å². The van der Waals surface area contributed by atoms with Crippen LogP contribution in [0.15, 0.2) is 23.1 Å². The Balaban J connectivity index is 2.47. The molecule has 10 heteroatoms. The molecule has 1 aliphatic rings. The van der Waals surface area contributed by atoms with Crippen LogP contribution in [-0.4, -0.2) is 43.4 Å². The fraction of sp³-hybridized carbons (Fsp3) is 0.455. The first-order chi connectivity index (χ1) is 9.86. The normalized spacial score (nSPS) is 20.2. The number of nitrogens with two attached hydrogens (primary N) is 1. The third-order valence-electron chi connectivity index (χ3n) is 3.15. The highest BCUT2D eigenvalue weighted by Gasteiger charge is 2.32. The summed E-state index contributed by atoms with van der Waals surface area (Å²) in [7, 11) is -3.89. The van der Waals surface area contributed by atoms with Gasteiger partial charge < -0.3 is 10.2 Å². The van der Waals surface area contributed by atoms with E-state index in [4.69, 9.17) is 10.6 Å². The molecule has 1 atom stereocenters. The number of anilines is 1. The maximum atomic E-state index is 12.6. The lowest BCUT2D eigenvalue weighted by atomic mass is 10.3. The van der Waals surface area contributed by atoms with Crippen molar-refractivity contribution < 1.29 is 18.1 Å². The maximum Gasteiger partial charge on any atom is 0.270 e. The van der Waals surface area contributed by atoms with Crippen molar-refractivity contribution in [2.45, 2.75) is 17.9 Å². The Kier molecular flexibility index (Phi) is 4.42. The predicted molar refractivity (Wildman–Crippen MR) is 75.1 cm³/mol. The Hall–Kier alpha value is -1.75. The molecule has 1 aliphatic heterocycles. The number of non-ortho nitro benzene ring substituents is 1. The first kappa shape index (κ1) is 15.6. The Morgan fingerprint density at radius 3 is 2.81 bits per heavy atom. The molecule has 0 amide bonds. The van der Waals surface area contributed by atoms with Crippen molar-refractivity contribution >= 4 is 21.4 Å². The van der Waals surface area contributed by atoms with Gasteiger partial charge in [0.15, 0.2) is 0 Å². The number of benzene rings is 1. The zero-order valence-corrected chi connectivity index (χ0v) is 12.2. The van der Waals surface area contributed by atoms with Crippen LogP contribution in [0, 0.1) is 10.1 Å². The molecule has 0 aliphatic carbocycles. The topological polar surface area (TPSA) is 128 Å². The lowest BCUT2D eigenvalue weighted by Gasteiger charge is -2.30. The molecule has 0 spiro atoms. The molecule has 2 rings (SSSR count). The van der Waals surface area contributed by atoms with Crippen molar-refractivity contribution in [1.82, 2.24) is 4.31 Å². The van der Waals surface area contributed by atoms with Gasteiger partial charge in [-0.1, -0.05) is 0 Å². The van der Waals surface area contributed by atoms with Gasteiger partial charge in [0.1, 0.15) is 4.90 Å². The number of ether oxygens (including phenoxy) is 1. The molecule has 1 saturated heterocycles. The van der Waals surface area contributed by atoms with Crippen molar-refractivity contribution in [3.8, 4) is 0 Å². The Morgan fingerprint density at radius 1 is 1.52 bits per heavy atom. The smallest absolute Gasteiger partial charge is 0.270 e. The molecule has 1 aromatic carbocycles. The molecular formula is C11H16N4O5S. The lowest BCUT2D eigenvalue weighted by Crippen LogP contribution is -2.44. The molecule has 3 N–H and O–H groups in total. The van der Waals surface area contributed by atoms with Crippen LogP contribution >= 0.6 is 0 Å². The van der Waals surface area contributed by atoms with Crippen LogP contribution in [0.4, 0.5) is 11.4 Å². The summed E-state index contributed by atoms with van der Waals surface area (Å²) >= 11 is 0. The van der Waals surface area contributed by atoms with Crippen molar-refractivity contribution in [2.75, 3.05) is 25.1 Å². The second-order valence-corrected chi connectivity index (χ2v) is 6.53. The highest BCUT2D eigenvalue weighted by molar-refractivity contribution is 7.89.